The van der Waals surface area contributed by atoms with Gasteiger partial charge in [0.2, 0.25) is 0 Å². The Labute approximate surface area is 167 Å². The minimum Gasteiger partial charge on any atom is -0.384 e. The van der Waals surface area contributed by atoms with Crippen molar-refractivity contribution in [1.82, 2.24) is 9.97 Å². The maximum absolute atomic E-state index is 6.47. The van der Waals surface area contributed by atoms with E-state index in [2.05, 4.69) is 63.0 Å². The minimum absolute atomic E-state index is 0.0355. The number of fused-ring (bicyclic) bond motifs is 1. The molecule has 3 aromatic rings. The number of benzene rings is 2. The van der Waals surface area contributed by atoms with Gasteiger partial charge in [-0.2, -0.15) is 0 Å². The summed E-state index contributed by atoms with van der Waals surface area (Å²) >= 11 is 6.47. The van der Waals surface area contributed by atoms with Crippen LogP contribution in [0.25, 0.3) is 11.0 Å². The molecule has 0 spiro atoms. The highest BCUT2D eigenvalue weighted by molar-refractivity contribution is 6.31. The van der Waals surface area contributed by atoms with Crippen LogP contribution in [0.3, 0.4) is 0 Å². The monoisotopic (exact) mass is 384 g/mol. The van der Waals surface area contributed by atoms with Crippen LogP contribution in [-0.2, 0) is 16.6 Å². The Morgan fingerprint density at radius 2 is 1.89 bits per heavy atom. The van der Waals surface area contributed by atoms with Gasteiger partial charge in [-0.3, -0.25) is 0 Å². The lowest BCUT2D eigenvalue weighted by Crippen LogP contribution is -2.23. The van der Waals surface area contributed by atoms with Gasteiger partial charge in [-0.05, 0) is 41.2 Å². The van der Waals surface area contributed by atoms with Gasteiger partial charge in [0, 0.05) is 24.0 Å². The van der Waals surface area contributed by atoms with Crippen LogP contribution >= 0.6 is 11.6 Å². The summed E-state index contributed by atoms with van der Waals surface area (Å²) in [6.45, 7) is 9.55. The first-order chi connectivity index (χ1) is 12.8. The van der Waals surface area contributed by atoms with Gasteiger partial charge in [-0.1, -0.05) is 63.6 Å². The van der Waals surface area contributed by atoms with Crippen molar-refractivity contribution in [3.63, 3.8) is 0 Å². The number of nitrogens with one attached hydrogen (secondary N) is 1. The Morgan fingerprint density at radius 3 is 2.56 bits per heavy atom. The van der Waals surface area contributed by atoms with Crippen molar-refractivity contribution in [2.75, 3.05) is 13.7 Å². The van der Waals surface area contributed by atoms with Crippen molar-refractivity contribution in [3.8, 4) is 0 Å². The van der Waals surface area contributed by atoms with Crippen molar-refractivity contribution < 1.29 is 4.74 Å². The van der Waals surface area contributed by atoms with Crippen molar-refractivity contribution >= 4 is 22.6 Å². The van der Waals surface area contributed by atoms with Crippen LogP contribution in [0.2, 0.25) is 5.02 Å². The fourth-order valence-corrected chi connectivity index (χ4v) is 3.99. The first-order valence-electron chi connectivity index (χ1n) is 9.54. The van der Waals surface area contributed by atoms with Gasteiger partial charge in [-0.25, -0.2) is 4.98 Å². The molecule has 0 aliphatic heterocycles. The predicted molar refractivity (Wildman–Crippen MR) is 114 cm³/mol. The van der Waals surface area contributed by atoms with Gasteiger partial charge in [0.25, 0.3) is 0 Å². The normalized spacial score (nSPS) is 13.4. The Hall–Kier alpha value is -1.84. The second kappa shape index (κ2) is 8.04. The summed E-state index contributed by atoms with van der Waals surface area (Å²) in [5.41, 5.74) is 4.48. The number of methoxy groups -OCH3 is 1. The summed E-state index contributed by atoms with van der Waals surface area (Å²) in [5, 5.41) is 0.830. The number of halogens is 1. The lowest BCUT2D eigenvalue weighted by Gasteiger charge is -2.24. The average Bonchev–Trinajstić information content (AvgIpc) is 3.02. The molecule has 3 nitrogen and oxygen atoms in total. The van der Waals surface area contributed by atoms with Gasteiger partial charge >= 0.3 is 0 Å². The molecule has 0 aliphatic carbocycles. The highest BCUT2D eigenvalue weighted by atomic mass is 35.5. The molecule has 0 bridgehead atoms. The van der Waals surface area contributed by atoms with Crippen LogP contribution in [-0.4, -0.2) is 23.7 Å². The third kappa shape index (κ3) is 4.36. The van der Waals surface area contributed by atoms with E-state index in [4.69, 9.17) is 21.3 Å². The van der Waals surface area contributed by atoms with Gasteiger partial charge in [0.15, 0.2) is 0 Å². The molecular weight excluding hydrogens is 356 g/mol. The molecule has 1 aromatic heterocycles. The second-order valence-electron chi connectivity index (χ2n) is 8.31. The summed E-state index contributed by atoms with van der Waals surface area (Å²) in [6.07, 6.45) is 0.840. The van der Waals surface area contributed by atoms with Crippen molar-refractivity contribution in [2.24, 2.45) is 5.92 Å². The van der Waals surface area contributed by atoms with Crippen molar-refractivity contribution in [2.45, 2.75) is 45.4 Å². The average molecular weight is 385 g/mol. The van der Waals surface area contributed by atoms with E-state index in [1.807, 2.05) is 12.1 Å². The Balaban J connectivity index is 1.91. The smallest absolute Gasteiger partial charge is 0.107 e. The summed E-state index contributed by atoms with van der Waals surface area (Å²) < 4.78 is 5.38. The first kappa shape index (κ1) is 19.9. The maximum atomic E-state index is 6.47. The quantitative estimate of drug-likeness (QED) is 0.532. The summed E-state index contributed by atoms with van der Waals surface area (Å²) in [4.78, 5) is 8.36. The van der Waals surface area contributed by atoms with E-state index in [9.17, 15) is 0 Å². The van der Waals surface area contributed by atoms with E-state index < -0.39 is 0 Å². The molecule has 0 radical (unpaired) electrons. The molecule has 144 valence electrons. The molecular formula is C23H29ClN2O. The number of aromatic nitrogens is 2. The first-order valence-corrected chi connectivity index (χ1v) is 9.92. The molecule has 0 amide bonds. The molecule has 0 saturated heterocycles. The van der Waals surface area contributed by atoms with E-state index in [0.29, 0.717) is 18.4 Å². The topological polar surface area (TPSA) is 37.9 Å². The van der Waals surface area contributed by atoms with Crippen LogP contribution < -0.4 is 0 Å². The molecule has 0 aliphatic rings. The maximum Gasteiger partial charge on any atom is 0.107 e. The largest absolute Gasteiger partial charge is 0.384 e. The molecule has 1 atom stereocenters. The predicted octanol–water partition coefficient (Wildman–Crippen LogP) is 6.12. The number of hydrogen-bond acceptors (Lipinski definition) is 2. The SMILES string of the molecule is COCC(C)(C)c1ccc2nc(CC(c3ccccc3Cl)C(C)C)[nH]c2c1. The zero-order chi connectivity index (χ0) is 19.6. The van der Waals surface area contributed by atoms with E-state index in [1.165, 1.54) is 11.1 Å². The van der Waals surface area contributed by atoms with Crippen LogP contribution in [0.1, 0.15) is 50.6 Å². The molecule has 1 heterocycles. The second-order valence-corrected chi connectivity index (χ2v) is 8.72. The molecule has 2 aromatic carbocycles. The van der Waals surface area contributed by atoms with Gasteiger partial charge < -0.3 is 9.72 Å². The number of H-pyrrole nitrogens is 1. The Kier molecular flexibility index (Phi) is 5.92. The Bertz CT molecular complexity index is 914. The van der Waals surface area contributed by atoms with Crippen LogP contribution in [0.15, 0.2) is 42.5 Å². The fourth-order valence-electron chi connectivity index (χ4n) is 3.71. The number of hydrogen-bond donors (Lipinski definition) is 1. The molecule has 3 rings (SSSR count). The summed E-state index contributed by atoms with van der Waals surface area (Å²) in [5.74, 6) is 1.79. The van der Waals surface area contributed by atoms with E-state index in [0.717, 1.165) is 28.3 Å². The zero-order valence-corrected chi connectivity index (χ0v) is 17.6. The lowest BCUT2D eigenvalue weighted by atomic mass is 9.85. The van der Waals surface area contributed by atoms with Crippen molar-refractivity contribution in [1.29, 1.82) is 0 Å². The van der Waals surface area contributed by atoms with Gasteiger partial charge in [-0.15, -0.1) is 0 Å². The highest BCUT2D eigenvalue weighted by Gasteiger charge is 2.23. The Morgan fingerprint density at radius 1 is 1.15 bits per heavy atom. The van der Waals surface area contributed by atoms with E-state index in [-0.39, 0.29) is 5.41 Å². The highest BCUT2D eigenvalue weighted by Crippen LogP contribution is 2.33. The molecule has 0 fully saturated rings. The fraction of sp³-hybridized carbons (Fsp3) is 0.435. The van der Waals surface area contributed by atoms with Crippen LogP contribution in [0.5, 0.6) is 0 Å². The van der Waals surface area contributed by atoms with Crippen molar-refractivity contribution in [3.05, 3.63) is 64.4 Å². The van der Waals surface area contributed by atoms with Gasteiger partial charge in [0.05, 0.1) is 17.6 Å². The van der Waals surface area contributed by atoms with E-state index >= 15 is 0 Å². The standard InChI is InChI=1S/C23H29ClN2O/c1-15(2)18(17-8-6-7-9-19(17)24)13-22-25-20-11-10-16(12-21(20)26-22)23(3,4)14-27-5/h6-12,15,18H,13-14H2,1-5H3,(H,25,26). The summed E-state index contributed by atoms with van der Waals surface area (Å²) in [6, 6.07) is 14.6. The number of ether oxygens (including phenoxy) is 1. The van der Waals surface area contributed by atoms with Crippen LogP contribution in [0.4, 0.5) is 0 Å². The third-order valence-electron chi connectivity index (χ3n) is 5.34. The lowest BCUT2D eigenvalue weighted by molar-refractivity contribution is 0.147. The number of aromatic amines is 1. The van der Waals surface area contributed by atoms with Gasteiger partial charge in [0.1, 0.15) is 5.82 Å². The molecule has 1 N–H and O–H groups in total. The van der Waals surface area contributed by atoms with Crippen LogP contribution in [0, 0.1) is 5.92 Å². The molecule has 1 unspecified atom stereocenters. The molecule has 4 heteroatoms. The minimum atomic E-state index is -0.0355. The molecule has 0 saturated carbocycles. The zero-order valence-electron chi connectivity index (χ0n) is 16.8. The summed E-state index contributed by atoms with van der Waals surface area (Å²) in [7, 11) is 1.75. The third-order valence-corrected chi connectivity index (χ3v) is 5.68. The van der Waals surface area contributed by atoms with E-state index in [1.54, 1.807) is 7.11 Å². The number of rotatable bonds is 7. The number of imidazole rings is 1. The number of nitrogens with zero attached hydrogens (tertiary/aromatic N) is 1. The molecule has 27 heavy (non-hydrogen) atoms.